The van der Waals surface area contributed by atoms with Crippen molar-refractivity contribution in [2.45, 2.75) is 26.7 Å². The molecule has 1 N–H and O–H groups in total. The molecule has 0 aliphatic carbocycles. The van der Waals surface area contributed by atoms with Gasteiger partial charge in [0.05, 0.1) is 36.9 Å². The van der Waals surface area contributed by atoms with E-state index in [1.807, 2.05) is 13.0 Å². The number of aromatic nitrogens is 2. The maximum atomic E-state index is 12.7. The summed E-state index contributed by atoms with van der Waals surface area (Å²) in [7, 11) is 1.29. The molecule has 8 heteroatoms. The van der Waals surface area contributed by atoms with Crippen molar-refractivity contribution in [2.75, 3.05) is 20.3 Å². The molecule has 0 saturated heterocycles. The van der Waals surface area contributed by atoms with Crippen LogP contribution in [0, 0.1) is 0 Å². The lowest BCUT2D eigenvalue weighted by atomic mass is 10.0. The van der Waals surface area contributed by atoms with Gasteiger partial charge in [-0.05, 0) is 19.4 Å². The van der Waals surface area contributed by atoms with Crippen molar-refractivity contribution in [3.63, 3.8) is 0 Å². The van der Waals surface area contributed by atoms with E-state index in [0.717, 1.165) is 12.8 Å². The predicted molar refractivity (Wildman–Crippen MR) is 124 cm³/mol. The molecule has 0 saturated carbocycles. The zero-order valence-electron chi connectivity index (χ0n) is 18.7. The zero-order chi connectivity index (χ0) is 23.5. The van der Waals surface area contributed by atoms with Crippen LogP contribution in [0.4, 0.5) is 0 Å². The topological polar surface area (TPSA) is 108 Å². The van der Waals surface area contributed by atoms with E-state index in [1.54, 1.807) is 31.2 Å². The Hall–Kier alpha value is -3.94. The van der Waals surface area contributed by atoms with Crippen molar-refractivity contribution in [3.05, 3.63) is 47.5 Å². The van der Waals surface area contributed by atoms with E-state index in [0.29, 0.717) is 39.7 Å². The number of nitrogens with zero attached hydrogens (tertiary/aromatic N) is 2. The van der Waals surface area contributed by atoms with Crippen LogP contribution in [0.15, 0.2) is 36.4 Å². The van der Waals surface area contributed by atoms with Crippen LogP contribution in [0.2, 0.25) is 0 Å². The van der Waals surface area contributed by atoms with E-state index in [1.165, 1.54) is 13.2 Å². The van der Waals surface area contributed by atoms with Gasteiger partial charge in [-0.3, -0.25) is 0 Å². The molecule has 0 unspecified atom stereocenters. The van der Waals surface area contributed by atoms with Crippen LogP contribution in [0.1, 0.15) is 47.4 Å². The van der Waals surface area contributed by atoms with Crippen LogP contribution in [0.5, 0.6) is 11.5 Å². The summed E-state index contributed by atoms with van der Waals surface area (Å²) < 4.78 is 15.9. The molecular weight excluding hydrogens is 424 g/mol. The quantitative estimate of drug-likeness (QED) is 0.186. The van der Waals surface area contributed by atoms with Gasteiger partial charge >= 0.3 is 11.9 Å². The number of ether oxygens (including phenoxy) is 3. The summed E-state index contributed by atoms with van der Waals surface area (Å²) in [6.45, 7) is 4.31. The van der Waals surface area contributed by atoms with E-state index in [-0.39, 0.29) is 29.0 Å². The van der Waals surface area contributed by atoms with Crippen molar-refractivity contribution in [1.29, 1.82) is 0 Å². The minimum absolute atomic E-state index is 0.0668. The number of benzene rings is 3. The van der Waals surface area contributed by atoms with Gasteiger partial charge in [0.1, 0.15) is 28.1 Å². The Morgan fingerprint density at radius 1 is 0.970 bits per heavy atom. The lowest BCUT2D eigenvalue weighted by molar-refractivity contribution is 0.0524. The second-order valence-electron chi connectivity index (χ2n) is 7.44. The first-order chi connectivity index (χ1) is 16.0. The maximum absolute atomic E-state index is 12.7. The highest BCUT2D eigenvalue weighted by Gasteiger charge is 2.24. The molecule has 4 rings (SSSR count). The molecule has 0 atom stereocenters. The lowest BCUT2D eigenvalue weighted by Gasteiger charge is -2.14. The molecule has 0 aliphatic heterocycles. The van der Waals surface area contributed by atoms with Gasteiger partial charge in [-0.1, -0.05) is 37.6 Å². The summed E-state index contributed by atoms with van der Waals surface area (Å²) >= 11 is 0. The number of phenolic OH excluding ortho intramolecular Hbond substituents is 1. The van der Waals surface area contributed by atoms with E-state index in [2.05, 4.69) is 4.98 Å². The number of unbranched alkanes of at least 4 members (excludes halogenated alkanes) is 1. The van der Waals surface area contributed by atoms with Gasteiger partial charge in [0.15, 0.2) is 0 Å². The number of fused-ring (bicyclic) bond motifs is 4. The van der Waals surface area contributed by atoms with Gasteiger partial charge < -0.3 is 19.3 Å². The third-order valence-electron chi connectivity index (χ3n) is 5.32. The Labute approximate surface area is 190 Å². The van der Waals surface area contributed by atoms with Crippen LogP contribution in [-0.4, -0.2) is 47.3 Å². The molecule has 0 amide bonds. The molecule has 8 nitrogen and oxygen atoms in total. The summed E-state index contributed by atoms with van der Waals surface area (Å²) in [5.41, 5.74) is 1.59. The predicted octanol–water partition coefficient (Wildman–Crippen LogP) is 4.78. The summed E-state index contributed by atoms with van der Waals surface area (Å²) in [5, 5.41) is 12.0. The molecule has 1 heterocycles. The second kappa shape index (κ2) is 9.28. The van der Waals surface area contributed by atoms with Gasteiger partial charge in [-0.2, -0.15) is 0 Å². The Bertz CT molecular complexity index is 1380. The van der Waals surface area contributed by atoms with Crippen LogP contribution < -0.4 is 4.74 Å². The zero-order valence-corrected chi connectivity index (χ0v) is 18.7. The fourth-order valence-corrected chi connectivity index (χ4v) is 3.70. The van der Waals surface area contributed by atoms with E-state index < -0.39 is 11.9 Å². The standard InChI is InChI=1S/C25H24N2O6/c1-4-6-11-33-19-13-18-17(12-16(19)24(29)31-3)27-22-20(25(30)32-5-2)23(28)15-10-8-7-9-14(15)21(22)26-18/h7-10,12-13,28H,4-6,11H2,1-3H3. The van der Waals surface area contributed by atoms with E-state index in [9.17, 15) is 14.7 Å². The largest absolute Gasteiger partial charge is 0.506 e. The Morgan fingerprint density at radius 3 is 2.36 bits per heavy atom. The Morgan fingerprint density at radius 2 is 1.67 bits per heavy atom. The third kappa shape index (κ3) is 4.00. The van der Waals surface area contributed by atoms with Crippen molar-refractivity contribution in [2.24, 2.45) is 0 Å². The number of carbonyl (C=O) groups is 2. The van der Waals surface area contributed by atoms with Crippen molar-refractivity contribution in [1.82, 2.24) is 9.97 Å². The Kier molecular flexibility index (Phi) is 6.26. The number of aromatic hydroxyl groups is 1. The average molecular weight is 448 g/mol. The minimum atomic E-state index is -0.702. The molecule has 4 aromatic rings. The summed E-state index contributed by atoms with van der Waals surface area (Å²) in [4.78, 5) is 34.5. The highest BCUT2D eigenvalue weighted by Crippen LogP contribution is 2.37. The summed E-state index contributed by atoms with van der Waals surface area (Å²) in [6, 6.07) is 10.3. The van der Waals surface area contributed by atoms with Crippen molar-refractivity contribution < 1.29 is 28.9 Å². The number of hydrogen-bond donors (Lipinski definition) is 1. The summed E-state index contributed by atoms with van der Waals surface area (Å²) in [5.74, 6) is -1.15. The molecule has 1 aromatic heterocycles. The molecule has 170 valence electrons. The minimum Gasteiger partial charge on any atom is -0.506 e. The van der Waals surface area contributed by atoms with Gasteiger partial charge in [0.2, 0.25) is 0 Å². The van der Waals surface area contributed by atoms with Crippen LogP contribution in [0.25, 0.3) is 32.8 Å². The molecule has 0 fully saturated rings. The Balaban J connectivity index is 2.06. The van der Waals surface area contributed by atoms with Gasteiger partial charge in [0, 0.05) is 16.8 Å². The molecule has 0 spiro atoms. The third-order valence-corrected chi connectivity index (χ3v) is 5.32. The van der Waals surface area contributed by atoms with Gasteiger partial charge in [-0.15, -0.1) is 0 Å². The SMILES string of the molecule is CCCCOc1cc2nc3c(nc2cc1C(=O)OC)c(C(=O)OCC)c(O)c1ccccc13. The fourth-order valence-electron chi connectivity index (χ4n) is 3.70. The van der Waals surface area contributed by atoms with Crippen LogP contribution >= 0.6 is 0 Å². The lowest BCUT2D eigenvalue weighted by Crippen LogP contribution is -2.09. The van der Waals surface area contributed by atoms with Crippen molar-refractivity contribution in [3.8, 4) is 11.5 Å². The summed E-state index contributed by atoms with van der Waals surface area (Å²) in [6.07, 6.45) is 1.77. The number of carbonyl (C=O) groups excluding carboxylic acids is 2. The van der Waals surface area contributed by atoms with Crippen LogP contribution in [0.3, 0.4) is 0 Å². The first-order valence-electron chi connectivity index (χ1n) is 10.8. The highest BCUT2D eigenvalue weighted by atomic mass is 16.5. The molecular formula is C25H24N2O6. The normalized spacial score (nSPS) is 11.1. The molecule has 0 bridgehead atoms. The van der Waals surface area contributed by atoms with Crippen molar-refractivity contribution >= 4 is 44.8 Å². The van der Waals surface area contributed by atoms with Crippen LogP contribution in [-0.2, 0) is 9.47 Å². The number of phenols is 1. The highest BCUT2D eigenvalue weighted by molar-refractivity contribution is 6.18. The molecule has 33 heavy (non-hydrogen) atoms. The van der Waals surface area contributed by atoms with E-state index >= 15 is 0 Å². The van der Waals surface area contributed by atoms with Gasteiger partial charge in [0.25, 0.3) is 0 Å². The second-order valence-corrected chi connectivity index (χ2v) is 7.44. The van der Waals surface area contributed by atoms with Gasteiger partial charge in [-0.25, -0.2) is 19.6 Å². The molecule has 0 aliphatic rings. The maximum Gasteiger partial charge on any atom is 0.344 e. The molecule has 3 aromatic carbocycles. The smallest absolute Gasteiger partial charge is 0.344 e. The molecule has 0 radical (unpaired) electrons. The number of esters is 2. The fraction of sp³-hybridized carbons (Fsp3) is 0.280. The first kappa shape index (κ1) is 22.3. The number of rotatable bonds is 7. The number of hydrogen-bond acceptors (Lipinski definition) is 8. The van der Waals surface area contributed by atoms with E-state index in [4.69, 9.17) is 19.2 Å². The average Bonchev–Trinajstić information content (AvgIpc) is 2.83. The first-order valence-corrected chi connectivity index (χ1v) is 10.8. The number of methoxy groups -OCH3 is 1. The monoisotopic (exact) mass is 448 g/mol.